The van der Waals surface area contributed by atoms with Crippen LogP contribution in [-0.4, -0.2) is 0 Å². The molecule has 0 unspecified atom stereocenters. The summed E-state index contributed by atoms with van der Waals surface area (Å²) in [6.45, 7) is 2.20. The minimum absolute atomic E-state index is 0.941. The molecule has 0 aliphatic carbocycles. The van der Waals surface area contributed by atoms with E-state index in [-0.39, 0.29) is 0 Å². The molecule has 0 saturated heterocycles. The van der Waals surface area contributed by atoms with Crippen molar-refractivity contribution in [1.82, 2.24) is 0 Å². The number of benzene rings is 1. The highest BCUT2D eigenvalue weighted by atomic mass is 79.9. The van der Waals surface area contributed by atoms with Crippen molar-refractivity contribution < 1.29 is 0 Å². The van der Waals surface area contributed by atoms with Gasteiger partial charge in [0.1, 0.15) is 0 Å². The van der Waals surface area contributed by atoms with Crippen LogP contribution in [0.4, 0.5) is 0 Å². The quantitative estimate of drug-likeness (QED) is 0.729. The van der Waals surface area contributed by atoms with Gasteiger partial charge < -0.3 is 0 Å². The van der Waals surface area contributed by atoms with Gasteiger partial charge in [-0.1, -0.05) is 57.3 Å². The van der Waals surface area contributed by atoms with E-state index >= 15 is 0 Å². The van der Waals surface area contributed by atoms with Crippen molar-refractivity contribution in [3.05, 3.63) is 33.8 Å². The molecule has 0 aliphatic heterocycles. The Morgan fingerprint density at radius 3 is 2.67 bits per heavy atom. The molecule has 2 heteroatoms. The zero-order chi connectivity index (χ0) is 8.97. The first kappa shape index (κ1) is 10.3. The van der Waals surface area contributed by atoms with Crippen molar-refractivity contribution in [2.75, 3.05) is 0 Å². The van der Waals surface area contributed by atoms with Crippen LogP contribution in [0.2, 0.25) is 0 Å². The topological polar surface area (TPSA) is 0 Å². The normalized spacial score (nSPS) is 10.2. The first-order valence-corrected chi connectivity index (χ1v) is 6.02. The minimum atomic E-state index is 0.941. The number of hydrogen-bond donors (Lipinski definition) is 0. The SMILES string of the molecule is CCCc1cc(CBr)ccc1Br. The summed E-state index contributed by atoms with van der Waals surface area (Å²) in [5.41, 5.74) is 2.76. The van der Waals surface area contributed by atoms with Gasteiger partial charge in [0.15, 0.2) is 0 Å². The molecule has 0 aromatic heterocycles. The molecule has 0 bridgehead atoms. The fraction of sp³-hybridized carbons (Fsp3) is 0.400. The molecule has 1 rings (SSSR count). The Kier molecular flexibility index (Phi) is 4.30. The smallest absolute Gasteiger partial charge is 0.0283 e. The lowest BCUT2D eigenvalue weighted by atomic mass is 10.1. The Labute approximate surface area is 90.6 Å². The molecular formula is C10H12Br2. The van der Waals surface area contributed by atoms with E-state index in [4.69, 9.17) is 0 Å². The van der Waals surface area contributed by atoms with E-state index in [0.29, 0.717) is 0 Å². The monoisotopic (exact) mass is 290 g/mol. The summed E-state index contributed by atoms with van der Waals surface area (Å²) in [5, 5.41) is 0.941. The summed E-state index contributed by atoms with van der Waals surface area (Å²) in [4.78, 5) is 0. The third kappa shape index (κ3) is 2.60. The van der Waals surface area contributed by atoms with Crippen molar-refractivity contribution in [1.29, 1.82) is 0 Å². The second kappa shape index (κ2) is 5.03. The van der Waals surface area contributed by atoms with Crippen LogP contribution in [0.15, 0.2) is 22.7 Å². The Hall–Kier alpha value is 0.180. The number of halogens is 2. The van der Waals surface area contributed by atoms with Crippen LogP contribution in [0.25, 0.3) is 0 Å². The Bertz CT molecular complexity index is 256. The van der Waals surface area contributed by atoms with E-state index in [2.05, 4.69) is 57.0 Å². The average Bonchev–Trinajstić information content (AvgIpc) is 2.09. The van der Waals surface area contributed by atoms with E-state index in [1.165, 1.54) is 22.0 Å². The molecule has 0 heterocycles. The van der Waals surface area contributed by atoms with Gasteiger partial charge >= 0.3 is 0 Å². The van der Waals surface area contributed by atoms with E-state index in [0.717, 1.165) is 11.8 Å². The highest BCUT2D eigenvalue weighted by Gasteiger charge is 1.99. The predicted octanol–water partition coefficient (Wildman–Crippen LogP) is 4.30. The average molecular weight is 292 g/mol. The van der Waals surface area contributed by atoms with Crippen LogP contribution in [0, 0.1) is 0 Å². The maximum atomic E-state index is 3.55. The summed E-state index contributed by atoms with van der Waals surface area (Å²) in [7, 11) is 0. The summed E-state index contributed by atoms with van der Waals surface area (Å²) in [6.07, 6.45) is 2.35. The molecule has 0 spiro atoms. The minimum Gasteiger partial charge on any atom is -0.0876 e. The Morgan fingerprint density at radius 1 is 1.33 bits per heavy atom. The van der Waals surface area contributed by atoms with Gasteiger partial charge in [0.25, 0.3) is 0 Å². The fourth-order valence-electron chi connectivity index (χ4n) is 1.17. The molecule has 1 aromatic rings. The van der Waals surface area contributed by atoms with E-state index in [1.807, 2.05) is 0 Å². The molecule has 0 saturated carbocycles. The Balaban J connectivity index is 2.91. The first-order valence-electron chi connectivity index (χ1n) is 4.11. The van der Waals surface area contributed by atoms with Gasteiger partial charge in [0.05, 0.1) is 0 Å². The number of hydrogen-bond acceptors (Lipinski definition) is 0. The molecule has 1 aromatic carbocycles. The highest BCUT2D eigenvalue weighted by molar-refractivity contribution is 9.10. The lowest BCUT2D eigenvalue weighted by Gasteiger charge is -2.04. The first-order chi connectivity index (χ1) is 5.77. The van der Waals surface area contributed by atoms with Crippen LogP contribution in [0.5, 0.6) is 0 Å². The van der Waals surface area contributed by atoms with E-state index in [1.54, 1.807) is 0 Å². The van der Waals surface area contributed by atoms with Crippen LogP contribution in [0.3, 0.4) is 0 Å². The second-order valence-electron chi connectivity index (χ2n) is 2.81. The van der Waals surface area contributed by atoms with Gasteiger partial charge in [-0.25, -0.2) is 0 Å². The van der Waals surface area contributed by atoms with Crippen LogP contribution >= 0.6 is 31.9 Å². The Morgan fingerprint density at radius 2 is 2.08 bits per heavy atom. The van der Waals surface area contributed by atoms with E-state index in [9.17, 15) is 0 Å². The van der Waals surface area contributed by atoms with Gasteiger partial charge in [-0.15, -0.1) is 0 Å². The molecule has 12 heavy (non-hydrogen) atoms. The van der Waals surface area contributed by atoms with Gasteiger partial charge in [0, 0.05) is 9.80 Å². The summed E-state index contributed by atoms with van der Waals surface area (Å²) in [5.74, 6) is 0. The number of alkyl halides is 1. The molecule has 0 radical (unpaired) electrons. The van der Waals surface area contributed by atoms with Crippen molar-refractivity contribution in [3.8, 4) is 0 Å². The zero-order valence-electron chi connectivity index (χ0n) is 7.11. The van der Waals surface area contributed by atoms with Crippen molar-refractivity contribution in [2.24, 2.45) is 0 Å². The fourth-order valence-corrected chi connectivity index (χ4v) is 1.97. The van der Waals surface area contributed by atoms with Crippen LogP contribution < -0.4 is 0 Å². The molecular weight excluding hydrogens is 280 g/mol. The molecule has 0 N–H and O–H groups in total. The van der Waals surface area contributed by atoms with Crippen LogP contribution in [0.1, 0.15) is 24.5 Å². The molecule has 0 aliphatic rings. The van der Waals surface area contributed by atoms with Gasteiger partial charge in [-0.05, 0) is 23.6 Å². The van der Waals surface area contributed by atoms with Gasteiger partial charge in [0.2, 0.25) is 0 Å². The molecule has 0 nitrogen and oxygen atoms in total. The summed E-state index contributed by atoms with van der Waals surface area (Å²) in [6, 6.07) is 6.52. The van der Waals surface area contributed by atoms with Crippen LogP contribution in [-0.2, 0) is 11.8 Å². The number of rotatable bonds is 3. The molecule has 0 atom stereocenters. The maximum Gasteiger partial charge on any atom is 0.0283 e. The van der Waals surface area contributed by atoms with E-state index < -0.39 is 0 Å². The van der Waals surface area contributed by atoms with Crippen molar-refractivity contribution >= 4 is 31.9 Å². The standard InChI is InChI=1S/C10H12Br2/c1-2-3-9-6-8(7-11)4-5-10(9)12/h4-6H,2-3,7H2,1H3. The third-order valence-electron chi connectivity index (χ3n) is 1.78. The maximum absolute atomic E-state index is 3.55. The highest BCUT2D eigenvalue weighted by Crippen LogP contribution is 2.20. The van der Waals surface area contributed by atoms with Crippen molar-refractivity contribution in [3.63, 3.8) is 0 Å². The van der Waals surface area contributed by atoms with Gasteiger partial charge in [-0.3, -0.25) is 0 Å². The molecule has 0 fully saturated rings. The largest absolute Gasteiger partial charge is 0.0876 e. The predicted molar refractivity (Wildman–Crippen MR) is 60.8 cm³/mol. The lowest BCUT2D eigenvalue weighted by molar-refractivity contribution is 0.915. The number of aryl methyl sites for hydroxylation is 1. The summed E-state index contributed by atoms with van der Waals surface area (Å²) >= 11 is 7.00. The summed E-state index contributed by atoms with van der Waals surface area (Å²) < 4.78 is 1.23. The molecule has 0 amide bonds. The third-order valence-corrected chi connectivity index (χ3v) is 3.20. The lowest BCUT2D eigenvalue weighted by Crippen LogP contribution is -1.87. The molecule has 66 valence electrons. The zero-order valence-corrected chi connectivity index (χ0v) is 10.3. The van der Waals surface area contributed by atoms with Crippen molar-refractivity contribution in [2.45, 2.75) is 25.1 Å². The second-order valence-corrected chi connectivity index (χ2v) is 4.22. The van der Waals surface area contributed by atoms with Gasteiger partial charge in [-0.2, -0.15) is 0 Å².